The monoisotopic (exact) mass is 630 g/mol. The number of hydrogen-bond donors (Lipinski definition) is 2. The molecule has 13 heteroatoms. The molecule has 1 saturated heterocycles. The molecule has 0 saturated carbocycles. The number of hydrogen-bond acceptors (Lipinski definition) is 7. The second-order valence-corrected chi connectivity index (χ2v) is 12.7. The lowest BCUT2D eigenvalue weighted by Gasteiger charge is -2.24. The summed E-state index contributed by atoms with van der Waals surface area (Å²) in [5.41, 5.74) is 2.65. The minimum atomic E-state index is -4.10. The predicted octanol–water partition coefficient (Wildman–Crippen LogP) is 4.49. The molecular weight excluding hydrogens is 599 g/mol. The molecule has 1 amide bonds. The number of benzene rings is 2. The molecule has 10 nitrogen and oxygen atoms in total. The van der Waals surface area contributed by atoms with Crippen LogP contribution in [0.1, 0.15) is 30.5 Å². The summed E-state index contributed by atoms with van der Waals surface area (Å²) in [6.07, 6.45) is 7.02. The Morgan fingerprint density at radius 2 is 2.02 bits per heavy atom. The lowest BCUT2D eigenvalue weighted by Crippen LogP contribution is -2.46. The zero-order valence-corrected chi connectivity index (χ0v) is 25.6. The number of fused-ring (bicyclic) bond motifs is 1. The summed E-state index contributed by atoms with van der Waals surface area (Å²) in [7, 11) is -2.26. The molecule has 1 atom stereocenters. The Labute approximate surface area is 255 Å². The molecule has 1 aliphatic rings. The van der Waals surface area contributed by atoms with Crippen molar-refractivity contribution in [3.8, 4) is 11.4 Å². The van der Waals surface area contributed by atoms with E-state index in [9.17, 15) is 13.2 Å². The van der Waals surface area contributed by atoms with Crippen molar-refractivity contribution in [2.24, 2.45) is 0 Å². The minimum Gasteiger partial charge on any atom is -0.487 e. The number of rotatable bonds is 11. The Balaban J connectivity index is 1.41. The normalized spacial score (nSPS) is 15.8. The average Bonchev–Trinajstić information content (AvgIpc) is 3.68. The molecule has 2 N–H and O–H groups in total. The maximum Gasteiger partial charge on any atom is 0.245 e. The van der Waals surface area contributed by atoms with E-state index in [0.717, 1.165) is 29.7 Å². The summed E-state index contributed by atoms with van der Waals surface area (Å²) in [6.45, 7) is 3.23. The van der Waals surface area contributed by atoms with Crippen molar-refractivity contribution >= 4 is 50.0 Å². The molecule has 42 heavy (non-hydrogen) atoms. The lowest BCUT2D eigenvalue weighted by atomic mass is 10.1. The van der Waals surface area contributed by atoms with Crippen LogP contribution in [0.2, 0.25) is 10.0 Å². The van der Waals surface area contributed by atoms with Crippen molar-refractivity contribution in [3.05, 3.63) is 76.4 Å². The van der Waals surface area contributed by atoms with E-state index in [4.69, 9.17) is 32.9 Å². The quantitative estimate of drug-likeness (QED) is 0.234. The van der Waals surface area contributed by atoms with Crippen LogP contribution < -0.4 is 15.4 Å². The molecule has 2 aromatic carbocycles. The highest BCUT2D eigenvalue weighted by atomic mass is 35.5. The minimum absolute atomic E-state index is 0.0361. The second-order valence-electron chi connectivity index (χ2n) is 10.1. The van der Waals surface area contributed by atoms with E-state index >= 15 is 0 Å². The van der Waals surface area contributed by atoms with Crippen molar-refractivity contribution in [2.45, 2.75) is 43.7 Å². The van der Waals surface area contributed by atoms with Gasteiger partial charge in [0.05, 0.1) is 17.0 Å². The smallest absolute Gasteiger partial charge is 0.245 e. The van der Waals surface area contributed by atoms with Gasteiger partial charge >= 0.3 is 0 Å². The topological polar surface area (TPSA) is 118 Å². The van der Waals surface area contributed by atoms with Crippen molar-refractivity contribution in [1.82, 2.24) is 29.5 Å². The first-order valence-electron chi connectivity index (χ1n) is 13.6. The first-order chi connectivity index (χ1) is 20.2. The highest BCUT2D eigenvalue weighted by Crippen LogP contribution is 2.37. The van der Waals surface area contributed by atoms with Crippen LogP contribution in [-0.2, 0) is 21.4 Å². The van der Waals surface area contributed by atoms with Crippen molar-refractivity contribution in [3.63, 3.8) is 0 Å². The highest BCUT2D eigenvalue weighted by Gasteiger charge is 2.40. The molecule has 0 spiro atoms. The van der Waals surface area contributed by atoms with E-state index in [0.29, 0.717) is 36.2 Å². The summed E-state index contributed by atoms with van der Waals surface area (Å²) < 4.78 is 36.9. The Bertz CT molecular complexity index is 1700. The van der Waals surface area contributed by atoms with Crippen LogP contribution in [0.15, 0.2) is 60.0 Å². The van der Waals surface area contributed by atoms with Gasteiger partial charge in [-0.1, -0.05) is 35.3 Å². The van der Waals surface area contributed by atoms with Gasteiger partial charge in [0.25, 0.3) is 0 Å². The fourth-order valence-corrected chi connectivity index (χ4v) is 7.65. The van der Waals surface area contributed by atoms with E-state index in [1.54, 1.807) is 18.6 Å². The Kier molecular flexibility index (Phi) is 9.34. The van der Waals surface area contributed by atoms with Crippen molar-refractivity contribution in [1.29, 1.82) is 0 Å². The molecule has 1 fully saturated rings. The molecule has 0 unspecified atom stereocenters. The number of aromatic nitrogens is 3. The van der Waals surface area contributed by atoms with E-state index in [1.165, 1.54) is 16.4 Å². The van der Waals surface area contributed by atoms with Crippen LogP contribution in [0.4, 0.5) is 0 Å². The molecule has 2 aromatic heterocycles. The van der Waals surface area contributed by atoms with Crippen LogP contribution in [-0.4, -0.2) is 65.9 Å². The Morgan fingerprint density at radius 3 is 2.79 bits per heavy atom. The number of carbonyl (C=O) groups is 1. The molecule has 4 aromatic rings. The highest BCUT2D eigenvalue weighted by molar-refractivity contribution is 7.89. The molecule has 5 rings (SSSR count). The SMILES string of the molecule is CNCCCNC(=O)[C@@H]1CCCN1S(=O)(=O)c1ccc(Cl)c(COc2cccc3c(-n4ccnc4)cc(C)nc23)c1Cl. The van der Waals surface area contributed by atoms with Crippen LogP contribution in [0.25, 0.3) is 16.6 Å². The summed E-state index contributed by atoms with van der Waals surface area (Å²) >= 11 is 13.2. The molecule has 222 valence electrons. The van der Waals surface area contributed by atoms with E-state index < -0.39 is 16.1 Å². The number of nitrogens with zero attached hydrogens (tertiary/aromatic N) is 4. The number of sulfonamides is 1. The van der Waals surface area contributed by atoms with Crippen LogP contribution in [0.5, 0.6) is 5.75 Å². The number of para-hydroxylation sites is 1. The van der Waals surface area contributed by atoms with E-state index in [2.05, 4.69) is 15.6 Å². The van der Waals surface area contributed by atoms with Gasteiger partial charge in [-0.05, 0) is 64.0 Å². The van der Waals surface area contributed by atoms with Crippen LogP contribution in [0.3, 0.4) is 0 Å². The van der Waals surface area contributed by atoms with Gasteiger partial charge in [0.15, 0.2) is 0 Å². The van der Waals surface area contributed by atoms with Gasteiger partial charge < -0.3 is 19.9 Å². The second kappa shape index (κ2) is 13.0. The maximum absolute atomic E-state index is 13.8. The number of amides is 1. The van der Waals surface area contributed by atoms with Crippen molar-refractivity contribution in [2.75, 3.05) is 26.7 Å². The van der Waals surface area contributed by atoms with Gasteiger partial charge in [-0.25, -0.2) is 18.4 Å². The number of imidazole rings is 1. The van der Waals surface area contributed by atoms with Crippen LogP contribution in [0, 0.1) is 6.92 Å². The zero-order valence-electron chi connectivity index (χ0n) is 23.3. The number of halogens is 2. The Morgan fingerprint density at radius 1 is 1.19 bits per heavy atom. The molecule has 3 heterocycles. The number of ether oxygens (including phenoxy) is 1. The van der Waals surface area contributed by atoms with Gasteiger partial charge in [-0.15, -0.1) is 0 Å². The fourth-order valence-electron chi connectivity index (χ4n) is 5.13. The number of pyridine rings is 1. The predicted molar refractivity (Wildman–Crippen MR) is 163 cm³/mol. The number of carbonyl (C=O) groups excluding carboxylic acids is 1. The van der Waals surface area contributed by atoms with E-state index in [-0.39, 0.29) is 34.0 Å². The molecule has 1 aliphatic heterocycles. The zero-order chi connectivity index (χ0) is 29.9. The summed E-state index contributed by atoms with van der Waals surface area (Å²) in [4.78, 5) is 21.6. The summed E-state index contributed by atoms with van der Waals surface area (Å²) in [6, 6.07) is 9.62. The van der Waals surface area contributed by atoms with Crippen molar-refractivity contribution < 1.29 is 17.9 Å². The van der Waals surface area contributed by atoms with Gasteiger partial charge in [0.2, 0.25) is 15.9 Å². The maximum atomic E-state index is 13.8. The molecule has 0 radical (unpaired) electrons. The van der Waals surface area contributed by atoms with E-state index in [1.807, 2.05) is 42.9 Å². The third-order valence-corrected chi connectivity index (χ3v) is 10.1. The fraction of sp³-hybridized carbons (Fsp3) is 0.345. The first kappa shape index (κ1) is 30.2. The van der Waals surface area contributed by atoms with Crippen LogP contribution >= 0.6 is 23.2 Å². The molecular formula is C29H32Cl2N6O4S. The largest absolute Gasteiger partial charge is 0.487 e. The average molecular weight is 632 g/mol. The molecule has 0 bridgehead atoms. The van der Waals surface area contributed by atoms with Gasteiger partial charge in [0, 0.05) is 47.1 Å². The number of nitrogens with one attached hydrogen (secondary N) is 2. The Hall–Kier alpha value is -3.22. The van der Waals surface area contributed by atoms with Gasteiger partial charge in [-0.2, -0.15) is 4.31 Å². The number of aryl methyl sites for hydroxylation is 1. The standard InChI is InChI=1S/C29H32Cl2N6O4S/c1-19-16-24(36-15-13-33-18-36)20-6-3-8-25(28(20)35-19)41-17-21-22(30)9-10-26(27(21)31)42(39,40)37-14-4-7-23(37)29(38)34-12-5-11-32-2/h3,6,8-10,13,15-16,18,23,32H,4-5,7,11-12,14,17H2,1-2H3,(H,34,38)/t23-/m0/s1. The first-order valence-corrected chi connectivity index (χ1v) is 15.8. The summed E-state index contributed by atoms with van der Waals surface area (Å²) in [5, 5.41) is 6.96. The summed E-state index contributed by atoms with van der Waals surface area (Å²) in [5.74, 6) is 0.183. The molecule has 0 aliphatic carbocycles. The lowest BCUT2D eigenvalue weighted by molar-refractivity contribution is -0.124. The third-order valence-electron chi connectivity index (χ3n) is 7.21. The van der Waals surface area contributed by atoms with Gasteiger partial charge in [-0.3, -0.25) is 4.79 Å². The third kappa shape index (κ3) is 6.11. The van der Waals surface area contributed by atoms with Gasteiger partial charge in [0.1, 0.15) is 28.8 Å².